The highest BCUT2D eigenvalue weighted by atomic mass is 14.7. The van der Waals surface area contributed by atoms with Gasteiger partial charge < -0.3 is 5.73 Å². The Kier molecular flexibility index (Phi) is 3.65. The molecule has 0 aliphatic heterocycles. The van der Waals surface area contributed by atoms with E-state index < -0.39 is 0 Å². The highest BCUT2D eigenvalue weighted by Crippen LogP contribution is 2.08. The second-order valence-electron chi connectivity index (χ2n) is 3.11. The van der Waals surface area contributed by atoms with E-state index in [4.69, 9.17) is 5.73 Å². The first-order valence-electron chi connectivity index (χ1n) is 4.55. The molecular weight excluding hydrogens is 160 g/mol. The molecule has 1 aromatic rings. The van der Waals surface area contributed by atoms with Gasteiger partial charge in [0, 0.05) is 11.4 Å². The summed E-state index contributed by atoms with van der Waals surface area (Å²) in [4.78, 5) is 4.37. The maximum Gasteiger partial charge on any atom is 0.0447 e. The molecule has 0 atom stereocenters. The zero-order valence-electron chi connectivity index (χ0n) is 8.25. The summed E-state index contributed by atoms with van der Waals surface area (Å²) in [5.41, 5.74) is 8.71. The first kappa shape index (κ1) is 9.93. The SMILES string of the molecule is Cc1ccc(C=CCCN)c(C)n1. The maximum atomic E-state index is 5.39. The van der Waals surface area contributed by atoms with Crippen molar-refractivity contribution in [2.24, 2.45) is 5.73 Å². The van der Waals surface area contributed by atoms with Gasteiger partial charge in [0.15, 0.2) is 0 Å². The molecule has 2 N–H and O–H groups in total. The third-order valence-corrected chi connectivity index (χ3v) is 1.90. The monoisotopic (exact) mass is 176 g/mol. The highest BCUT2D eigenvalue weighted by Gasteiger charge is 1.94. The Hall–Kier alpha value is -1.15. The molecule has 1 rings (SSSR count). The Morgan fingerprint density at radius 2 is 2.15 bits per heavy atom. The van der Waals surface area contributed by atoms with Crippen molar-refractivity contribution in [3.63, 3.8) is 0 Å². The van der Waals surface area contributed by atoms with Gasteiger partial charge >= 0.3 is 0 Å². The van der Waals surface area contributed by atoms with Crippen LogP contribution in [0, 0.1) is 13.8 Å². The quantitative estimate of drug-likeness (QED) is 0.765. The van der Waals surface area contributed by atoms with E-state index in [1.54, 1.807) is 0 Å². The van der Waals surface area contributed by atoms with Crippen LogP contribution in [0.2, 0.25) is 0 Å². The number of nitrogens with zero attached hydrogens (tertiary/aromatic N) is 1. The third-order valence-electron chi connectivity index (χ3n) is 1.90. The number of nitrogens with two attached hydrogens (primary N) is 1. The lowest BCUT2D eigenvalue weighted by Gasteiger charge is -2.00. The topological polar surface area (TPSA) is 38.9 Å². The molecular formula is C11H16N2. The molecule has 2 heteroatoms. The molecule has 2 nitrogen and oxygen atoms in total. The van der Waals surface area contributed by atoms with E-state index in [1.807, 2.05) is 19.9 Å². The van der Waals surface area contributed by atoms with Crippen LogP contribution < -0.4 is 5.73 Å². The van der Waals surface area contributed by atoms with Crippen LogP contribution in [-0.4, -0.2) is 11.5 Å². The van der Waals surface area contributed by atoms with E-state index in [0.29, 0.717) is 6.54 Å². The van der Waals surface area contributed by atoms with Crippen LogP contribution in [0.1, 0.15) is 23.4 Å². The van der Waals surface area contributed by atoms with Crippen LogP contribution >= 0.6 is 0 Å². The zero-order valence-corrected chi connectivity index (χ0v) is 8.25. The van der Waals surface area contributed by atoms with Crippen LogP contribution in [-0.2, 0) is 0 Å². The van der Waals surface area contributed by atoms with Gasteiger partial charge in [0.25, 0.3) is 0 Å². The molecule has 0 unspecified atom stereocenters. The van der Waals surface area contributed by atoms with Crippen molar-refractivity contribution in [3.8, 4) is 0 Å². The Bertz CT molecular complexity index is 303. The molecule has 70 valence electrons. The lowest BCUT2D eigenvalue weighted by atomic mass is 10.1. The summed E-state index contributed by atoms with van der Waals surface area (Å²) in [7, 11) is 0. The Morgan fingerprint density at radius 1 is 1.38 bits per heavy atom. The predicted octanol–water partition coefficient (Wildman–Crippen LogP) is 2.06. The molecule has 1 aromatic heterocycles. The van der Waals surface area contributed by atoms with E-state index in [-0.39, 0.29) is 0 Å². The van der Waals surface area contributed by atoms with Gasteiger partial charge in [-0.15, -0.1) is 0 Å². The number of rotatable bonds is 3. The first-order valence-corrected chi connectivity index (χ1v) is 4.55. The molecule has 0 fully saturated rings. The summed E-state index contributed by atoms with van der Waals surface area (Å²) in [6.07, 6.45) is 5.08. The second kappa shape index (κ2) is 4.77. The van der Waals surface area contributed by atoms with Crippen LogP contribution in [0.5, 0.6) is 0 Å². The van der Waals surface area contributed by atoms with Crippen molar-refractivity contribution in [3.05, 3.63) is 35.2 Å². The molecule has 0 saturated heterocycles. The number of pyridine rings is 1. The predicted molar refractivity (Wildman–Crippen MR) is 56.4 cm³/mol. The largest absolute Gasteiger partial charge is 0.330 e. The van der Waals surface area contributed by atoms with Gasteiger partial charge in [0.1, 0.15) is 0 Å². The average molecular weight is 176 g/mol. The van der Waals surface area contributed by atoms with E-state index in [9.17, 15) is 0 Å². The van der Waals surface area contributed by atoms with Crippen molar-refractivity contribution in [1.82, 2.24) is 4.98 Å². The lowest BCUT2D eigenvalue weighted by molar-refractivity contribution is 1.01. The molecule has 0 bridgehead atoms. The van der Waals surface area contributed by atoms with Crippen molar-refractivity contribution < 1.29 is 0 Å². The third kappa shape index (κ3) is 2.99. The molecule has 1 heterocycles. The van der Waals surface area contributed by atoms with Crippen LogP contribution in [0.3, 0.4) is 0 Å². The summed E-state index contributed by atoms with van der Waals surface area (Å²) >= 11 is 0. The van der Waals surface area contributed by atoms with Gasteiger partial charge in [-0.25, -0.2) is 0 Å². The van der Waals surface area contributed by atoms with Crippen molar-refractivity contribution in [1.29, 1.82) is 0 Å². The van der Waals surface area contributed by atoms with Crippen molar-refractivity contribution in [2.45, 2.75) is 20.3 Å². The number of hydrogen-bond donors (Lipinski definition) is 1. The summed E-state index contributed by atoms with van der Waals surface area (Å²) < 4.78 is 0. The van der Waals surface area contributed by atoms with Gasteiger partial charge in [0.05, 0.1) is 0 Å². The van der Waals surface area contributed by atoms with Crippen LogP contribution in [0.15, 0.2) is 18.2 Å². The Labute approximate surface area is 79.5 Å². The highest BCUT2D eigenvalue weighted by molar-refractivity contribution is 5.51. The van der Waals surface area contributed by atoms with Crippen LogP contribution in [0.25, 0.3) is 6.08 Å². The molecule has 0 spiro atoms. The van der Waals surface area contributed by atoms with Gasteiger partial charge in [-0.3, -0.25) is 4.98 Å². The summed E-state index contributed by atoms with van der Waals surface area (Å²) in [6.45, 7) is 4.73. The average Bonchev–Trinajstić information content (AvgIpc) is 2.09. The smallest absolute Gasteiger partial charge is 0.0447 e. The van der Waals surface area contributed by atoms with Crippen molar-refractivity contribution >= 4 is 6.08 Å². The minimum Gasteiger partial charge on any atom is -0.330 e. The fraction of sp³-hybridized carbons (Fsp3) is 0.364. The van der Waals surface area contributed by atoms with E-state index >= 15 is 0 Å². The maximum absolute atomic E-state index is 5.39. The lowest BCUT2D eigenvalue weighted by Crippen LogP contribution is -1.95. The summed E-state index contributed by atoms with van der Waals surface area (Å²) in [6, 6.07) is 4.11. The van der Waals surface area contributed by atoms with E-state index in [0.717, 1.165) is 17.8 Å². The number of hydrogen-bond acceptors (Lipinski definition) is 2. The van der Waals surface area contributed by atoms with E-state index in [2.05, 4.69) is 23.2 Å². The number of aromatic nitrogens is 1. The number of aryl methyl sites for hydroxylation is 2. The molecule has 0 aromatic carbocycles. The minimum absolute atomic E-state index is 0.703. The van der Waals surface area contributed by atoms with Gasteiger partial charge in [-0.05, 0) is 38.4 Å². The Morgan fingerprint density at radius 3 is 2.77 bits per heavy atom. The second-order valence-corrected chi connectivity index (χ2v) is 3.11. The van der Waals surface area contributed by atoms with E-state index in [1.165, 1.54) is 5.56 Å². The van der Waals surface area contributed by atoms with Gasteiger partial charge in [-0.1, -0.05) is 18.2 Å². The summed E-state index contributed by atoms with van der Waals surface area (Å²) in [5.74, 6) is 0. The normalized spacial score (nSPS) is 11.0. The van der Waals surface area contributed by atoms with Crippen molar-refractivity contribution in [2.75, 3.05) is 6.54 Å². The Balaban J connectivity index is 2.77. The zero-order chi connectivity index (χ0) is 9.68. The molecule has 0 saturated carbocycles. The molecule has 0 aliphatic rings. The molecule has 13 heavy (non-hydrogen) atoms. The van der Waals surface area contributed by atoms with Gasteiger partial charge in [0.2, 0.25) is 0 Å². The minimum atomic E-state index is 0.703. The molecule has 0 aliphatic carbocycles. The molecule has 0 radical (unpaired) electrons. The first-order chi connectivity index (χ1) is 6.24. The van der Waals surface area contributed by atoms with Gasteiger partial charge in [-0.2, -0.15) is 0 Å². The standard InChI is InChI=1S/C11H16N2/c1-9-6-7-11(10(2)13-9)5-3-4-8-12/h3,5-7H,4,8,12H2,1-2H3. The summed E-state index contributed by atoms with van der Waals surface area (Å²) in [5, 5.41) is 0. The van der Waals surface area contributed by atoms with Crippen LogP contribution in [0.4, 0.5) is 0 Å². The molecule has 0 amide bonds. The fourth-order valence-electron chi connectivity index (χ4n) is 1.18. The fourth-order valence-corrected chi connectivity index (χ4v) is 1.18.